The van der Waals surface area contributed by atoms with E-state index >= 15 is 0 Å². The summed E-state index contributed by atoms with van der Waals surface area (Å²) >= 11 is 5.93. The first kappa shape index (κ1) is 14.3. The molecular weight excluding hydrogens is 238 g/mol. The fraction of sp³-hybridized carbons (Fsp3) is 0.538. The maximum atomic E-state index is 9.38. The minimum Gasteiger partial charge on any atom is -0.392 e. The van der Waals surface area contributed by atoms with Gasteiger partial charge in [-0.1, -0.05) is 11.6 Å². The zero-order chi connectivity index (χ0) is 12.8. The number of halogens is 1. The average Bonchev–Trinajstić information content (AvgIpc) is 2.30. The topological polar surface area (TPSA) is 32.7 Å². The molecule has 0 spiro atoms. The first-order valence-electron chi connectivity index (χ1n) is 5.75. The van der Waals surface area contributed by atoms with Crippen molar-refractivity contribution in [1.29, 1.82) is 0 Å². The Labute approximate surface area is 108 Å². The number of benzene rings is 1. The van der Waals surface area contributed by atoms with Gasteiger partial charge in [-0.2, -0.15) is 0 Å². The lowest BCUT2D eigenvalue weighted by Crippen LogP contribution is -2.34. The predicted octanol–water partition coefficient (Wildman–Crippen LogP) is 2.69. The van der Waals surface area contributed by atoms with Crippen LogP contribution in [0.25, 0.3) is 0 Å². The highest BCUT2D eigenvalue weighted by Gasteiger charge is 2.14. The summed E-state index contributed by atoms with van der Waals surface area (Å²) in [7, 11) is 1.69. The van der Waals surface area contributed by atoms with E-state index in [4.69, 9.17) is 16.3 Å². The van der Waals surface area contributed by atoms with E-state index in [-0.39, 0.29) is 6.61 Å². The third-order valence-corrected chi connectivity index (χ3v) is 2.92. The molecule has 17 heavy (non-hydrogen) atoms. The quantitative estimate of drug-likeness (QED) is 0.851. The molecule has 1 aromatic rings. The van der Waals surface area contributed by atoms with Crippen molar-refractivity contribution in [2.45, 2.75) is 26.5 Å². The number of aliphatic hydroxyl groups excluding tert-OH is 1. The monoisotopic (exact) mass is 257 g/mol. The van der Waals surface area contributed by atoms with Crippen LogP contribution in [0.2, 0.25) is 5.02 Å². The lowest BCUT2D eigenvalue weighted by atomic mass is 10.1. The Morgan fingerprint density at radius 3 is 2.65 bits per heavy atom. The van der Waals surface area contributed by atoms with E-state index < -0.39 is 0 Å². The van der Waals surface area contributed by atoms with E-state index in [2.05, 4.69) is 18.7 Å². The molecular formula is C13H20ClNO2. The lowest BCUT2D eigenvalue weighted by Gasteiger charge is -2.30. The van der Waals surface area contributed by atoms with Crippen LogP contribution in [0.1, 0.15) is 19.4 Å². The van der Waals surface area contributed by atoms with Gasteiger partial charge in [0, 0.05) is 36.0 Å². The van der Waals surface area contributed by atoms with Gasteiger partial charge in [0.25, 0.3) is 0 Å². The first-order valence-corrected chi connectivity index (χ1v) is 6.12. The highest BCUT2D eigenvalue weighted by molar-refractivity contribution is 6.30. The molecule has 0 unspecified atom stereocenters. The third-order valence-electron chi connectivity index (χ3n) is 2.68. The summed E-state index contributed by atoms with van der Waals surface area (Å²) in [5.41, 5.74) is 1.87. The molecule has 3 nitrogen and oxygen atoms in total. The summed E-state index contributed by atoms with van der Waals surface area (Å²) in [4.78, 5) is 2.20. The van der Waals surface area contributed by atoms with Crippen LogP contribution in [0.4, 0.5) is 5.69 Å². The Morgan fingerprint density at radius 1 is 1.41 bits per heavy atom. The molecule has 4 heteroatoms. The Kier molecular flexibility index (Phi) is 5.75. The summed E-state index contributed by atoms with van der Waals surface area (Å²) in [6.45, 7) is 5.68. The molecule has 0 aliphatic carbocycles. The van der Waals surface area contributed by atoms with Gasteiger partial charge in [-0.25, -0.2) is 0 Å². The molecule has 0 fully saturated rings. The molecule has 0 amide bonds. The van der Waals surface area contributed by atoms with Crippen LogP contribution in [0.15, 0.2) is 18.2 Å². The van der Waals surface area contributed by atoms with Gasteiger partial charge in [-0.3, -0.25) is 0 Å². The summed E-state index contributed by atoms with van der Waals surface area (Å²) in [5.74, 6) is 0. The predicted molar refractivity (Wildman–Crippen MR) is 71.7 cm³/mol. The van der Waals surface area contributed by atoms with Gasteiger partial charge in [0.15, 0.2) is 0 Å². The number of methoxy groups -OCH3 is 1. The number of aliphatic hydroxyl groups is 1. The highest BCUT2D eigenvalue weighted by Crippen LogP contribution is 2.25. The lowest BCUT2D eigenvalue weighted by molar-refractivity contribution is 0.203. The Bertz CT molecular complexity index is 355. The fourth-order valence-electron chi connectivity index (χ4n) is 1.81. The minimum atomic E-state index is -0.00784. The number of nitrogens with zero attached hydrogens (tertiary/aromatic N) is 1. The van der Waals surface area contributed by atoms with Crippen molar-refractivity contribution in [3.05, 3.63) is 28.8 Å². The van der Waals surface area contributed by atoms with Crippen molar-refractivity contribution in [1.82, 2.24) is 0 Å². The normalized spacial score (nSPS) is 10.9. The summed E-state index contributed by atoms with van der Waals surface area (Å²) in [6.07, 6.45) is 0. The van der Waals surface area contributed by atoms with E-state index in [1.54, 1.807) is 13.2 Å². The van der Waals surface area contributed by atoms with Gasteiger partial charge in [-0.05, 0) is 32.0 Å². The standard InChI is InChI=1S/C13H20ClNO2/c1-10(2)15(6-7-17-3)13-5-4-12(14)8-11(13)9-16/h4-5,8,10,16H,6-7,9H2,1-3H3. The average molecular weight is 258 g/mol. The van der Waals surface area contributed by atoms with Crippen molar-refractivity contribution in [2.75, 3.05) is 25.2 Å². The molecule has 1 N–H and O–H groups in total. The van der Waals surface area contributed by atoms with Crippen LogP contribution >= 0.6 is 11.6 Å². The van der Waals surface area contributed by atoms with E-state index in [9.17, 15) is 5.11 Å². The Hall–Kier alpha value is -0.770. The van der Waals surface area contributed by atoms with E-state index in [1.165, 1.54) is 0 Å². The molecule has 1 rings (SSSR count). The maximum Gasteiger partial charge on any atom is 0.0702 e. The van der Waals surface area contributed by atoms with Crippen molar-refractivity contribution >= 4 is 17.3 Å². The van der Waals surface area contributed by atoms with Crippen LogP contribution in [-0.4, -0.2) is 31.4 Å². The smallest absolute Gasteiger partial charge is 0.0702 e. The zero-order valence-electron chi connectivity index (χ0n) is 10.6. The molecule has 0 atom stereocenters. The van der Waals surface area contributed by atoms with Gasteiger partial charge in [0.05, 0.1) is 13.2 Å². The van der Waals surface area contributed by atoms with Crippen molar-refractivity contribution < 1.29 is 9.84 Å². The number of ether oxygens (including phenoxy) is 1. The summed E-state index contributed by atoms with van der Waals surface area (Å²) in [6, 6.07) is 5.94. The molecule has 0 radical (unpaired) electrons. The van der Waals surface area contributed by atoms with Gasteiger partial charge >= 0.3 is 0 Å². The molecule has 0 aromatic heterocycles. The molecule has 96 valence electrons. The second-order valence-corrected chi connectivity index (χ2v) is 4.65. The Morgan fingerprint density at radius 2 is 2.12 bits per heavy atom. The molecule has 0 saturated heterocycles. The second kappa shape index (κ2) is 6.84. The van der Waals surface area contributed by atoms with Crippen molar-refractivity contribution in [3.8, 4) is 0 Å². The number of anilines is 1. The second-order valence-electron chi connectivity index (χ2n) is 4.21. The molecule has 0 bridgehead atoms. The Balaban J connectivity index is 3.00. The largest absolute Gasteiger partial charge is 0.392 e. The molecule has 0 heterocycles. The van der Waals surface area contributed by atoms with E-state index in [1.807, 2.05) is 12.1 Å². The van der Waals surface area contributed by atoms with Crippen LogP contribution in [0.3, 0.4) is 0 Å². The summed E-state index contributed by atoms with van der Waals surface area (Å²) < 4.78 is 5.11. The van der Waals surface area contributed by atoms with Gasteiger partial charge in [0.1, 0.15) is 0 Å². The molecule has 1 aromatic carbocycles. The van der Waals surface area contributed by atoms with Crippen LogP contribution < -0.4 is 4.90 Å². The van der Waals surface area contributed by atoms with Gasteiger partial charge < -0.3 is 14.7 Å². The molecule has 0 saturated carbocycles. The van der Waals surface area contributed by atoms with Crippen molar-refractivity contribution in [3.63, 3.8) is 0 Å². The van der Waals surface area contributed by atoms with E-state index in [0.717, 1.165) is 17.8 Å². The third kappa shape index (κ3) is 3.87. The SMILES string of the molecule is COCCN(c1ccc(Cl)cc1CO)C(C)C. The summed E-state index contributed by atoms with van der Waals surface area (Å²) in [5, 5.41) is 10.0. The first-order chi connectivity index (χ1) is 8.10. The number of hydrogen-bond donors (Lipinski definition) is 1. The van der Waals surface area contributed by atoms with E-state index in [0.29, 0.717) is 17.7 Å². The zero-order valence-corrected chi connectivity index (χ0v) is 11.4. The van der Waals surface area contributed by atoms with Crippen molar-refractivity contribution in [2.24, 2.45) is 0 Å². The molecule has 0 aliphatic rings. The molecule has 0 aliphatic heterocycles. The fourth-order valence-corrected chi connectivity index (χ4v) is 2.00. The highest BCUT2D eigenvalue weighted by atomic mass is 35.5. The number of hydrogen-bond acceptors (Lipinski definition) is 3. The van der Waals surface area contributed by atoms with Gasteiger partial charge in [-0.15, -0.1) is 0 Å². The van der Waals surface area contributed by atoms with Crippen LogP contribution in [0, 0.1) is 0 Å². The van der Waals surface area contributed by atoms with Gasteiger partial charge in [0.2, 0.25) is 0 Å². The maximum absolute atomic E-state index is 9.38. The minimum absolute atomic E-state index is 0.00784. The number of rotatable bonds is 6. The van der Waals surface area contributed by atoms with Crippen LogP contribution in [0.5, 0.6) is 0 Å². The van der Waals surface area contributed by atoms with Crippen LogP contribution in [-0.2, 0) is 11.3 Å².